The fraction of sp³-hybridized carbons (Fsp3) is 0.333. The van der Waals surface area contributed by atoms with E-state index < -0.39 is 28.1 Å². The standard InChI is InChI=1S/C9H10BF4O3S/c1-18(15,16)5-4-17-7-2-3-8(9(11)6-7)10(12,13)14/h2-3,6H,4-5H2,1H3/q-1. The number of hydrogen-bond acceptors (Lipinski definition) is 3. The number of benzene rings is 1. The lowest BCUT2D eigenvalue weighted by Gasteiger charge is -2.16. The van der Waals surface area contributed by atoms with E-state index in [0.717, 1.165) is 12.3 Å². The van der Waals surface area contributed by atoms with Crippen LogP contribution in [0, 0.1) is 5.82 Å². The number of ether oxygens (including phenoxy) is 1. The minimum absolute atomic E-state index is 0.139. The Kier molecular flexibility index (Phi) is 4.26. The first kappa shape index (κ1) is 14.8. The van der Waals surface area contributed by atoms with Crippen LogP contribution in [-0.2, 0) is 9.84 Å². The average molecular weight is 285 g/mol. The van der Waals surface area contributed by atoms with E-state index >= 15 is 0 Å². The second kappa shape index (κ2) is 5.17. The fourth-order valence-corrected chi connectivity index (χ4v) is 1.56. The highest BCUT2D eigenvalue weighted by Gasteiger charge is 2.28. The molecule has 0 spiro atoms. The summed E-state index contributed by atoms with van der Waals surface area (Å²) < 4.78 is 76.4. The topological polar surface area (TPSA) is 43.4 Å². The van der Waals surface area contributed by atoms with E-state index in [1.54, 1.807) is 0 Å². The lowest BCUT2D eigenvalue weighted by Crippen LogP contribution is -2.36. The molecule has 0 aliphatic carbocycles. The summed E-state index contributed by atoms with van der Waals surface area (Å²) in [5, 5.41) is 0. The third kappa shape index (κ3) is 4.56. The van der Waals surface area contributed by atoms with Crippen molar-refractivity contribution in [2.45, 2.75) is 0 Å². The van der Waals surface area contributed by atoms with Crippen molar-refractivity contribution in [1.82, 2.24) is 0 Å². The first-order valence-electron chi connectivity index (χ1n) is 4.89. The zero-order valence-corrected chi connectivity index (χ0v) is 10.2. The maximum absolute atomic E-state index is 13.1. The lowest BCUT2D eigenvalue weighted by molar-refractivity contribution is 0.339. The molecule has 0 fully saturated rings. The van der Waals surface area contributed by atoms with Gasteiger partial charge in [0.1, 0.15) is 12.4 Å². The van der Waals surface area contributed by atoms with Gasteiger partial charge in [0.05, 0.1) is 11.6 Å². The van der Waals surface area contributed by atoms with Gasteiger partial charge < -0.3 is 17.7 Å². The summed E-state index contributed by atoms with van der Waals surface area (Å²) in [6.07, 6.45) is 0.992. The van der Waals surface area contributed by atoms with Gasteiger partial charge in [-0.3, -0.25) is 0 Å². The van der Waals surface area contributed by atoms with Gasteiger partial charge in [0.25, 0.3) is 0 Å². The van der Waals surface area contributed by atoms with Crippen molar-refractivity contribution >= 4 is 22.3 Å². The molecule has 0 heterocycles. The molecule has 0 aliphatic rings. The van der Waals surface area contributed by atoms with Crippen molar-refractivity contribution in [3.05, 3.63) is 24.0 Å². The molecule has 0 radical (unpaired) electrons. The molecule has 0 aromatic heterocycles. The molecule has 18 heavy (non-hydrogen) atoms. The van der Waals surface area contributed by atoms with Crippen molar-refractivity contribution in [1.29, 1.82) is 0 Å². The lowest BCUT2D eigenvalue weighted by atomic mass is 9.80. The van der Waals surface area contributed by atoms with Crippen molar-refractivity contribution < 1.29 is 30.5 Å². The third-order valence-electron chi connectivity index (χ3n) is 2.05. The maximum Gasteiger partial charge on any atom is 0.512 e. The van der Waals surface area contributed by atoms with Gasteiger partial charge >= 0.3 is 6.98 Å². The predicted molar refractivity (Wildman–Crippen MR) is 60.3 cm³/mol. The summed E-state index contributed by atoms with van der Waals surface area (Å²) in [4.78, 5) is 0. The van der Waals surface area contributed by atoms with Crippen LogP contribution in [0.3, 0.4) is 0 Å². The molecule has 1 rings (SSSR count). The van der Waals surface area contributed by atoms with Gasteiger partial charge in [-0.2, -0.15) is 0 Å². The van der Waals surface area contributed by atoms with Crippen molar-refractivity contribution in [2.24, 2.45) is 0 Å². The third-order valence-corrected chi connectivity index (χ3v) is 2.96. The highest BCUT2D eigenvalue weighted by Crippen LogP contribution is 2.16. The minimum atomic E-state index is -5.41. The molecule has 102 valence electrons. The molecule has 0 aliphatic heterocycles. The van der Waals surface area contributed by atoms with Crippen LogP contribution in [0.5, 0.6) is 5.75 Å². The summed E-state index contributed by atoms with van der Waals surface area (Å²) in [6, 6.07) is 2.12. The number of halogens is 4. The molecule has 0 N–H and O–H groups in total. The monoisotopic (exact) mass is 285 g/mol. The van der Waals surface area contributed by atoms with E-state index in [4.69, 9.17) is 4.74 Å². The molecule has 3 nitrogen and oxygen atoms in total. The van der Waals surface area contributed by atoms with Crippen LogP contribution in [0.4, 0.5) is 17.3 Å². The van der Waals surface area contributed by atoms with Crippen molar-refractivity contribution in [3.8, 4) is 5.75 Å². The highest BCUT2D eigenvalue weighted by molar-refractivity contribution is 7.90. The fourth-order valence-electron chi connectivity index (χ4n) is 1.17. The summed E-state index contributed by atoms with van der Waals surface area (Å²) in [5.41, 5.74) is -1.33. The molecule has 1 aromatic carbocycles. The Balaban J connectivity index is 2.74. The van der Waals surface area contributed by atoms with Gasteiger partial charge in [0.2, 0.25) is 0 Å². The molecule has 0 amide bonds. The molecular weight excluding hydrogens is 275 g/mol. The van der Waals surface area contributed by atoms with Crippen LogP contribution >= 0.6 is 0 Å². The number of hydrogen-bond donors (Lipinski definition) is 0. The van der Waals surface area contributed by atoms with Gasteiger partial charge in [-0.15, -0.1) is 0 Å². The van der Waals surface area contributed by atoms with E-state index in [1.165, 1.54) is 0 Å². The smallest absolute Gasteiger partial charge is 0.492 e. The molecule has 0 saturated heterocycles. The second-order valence-electron chi connectivity index (χ2n) is 3.74. The maximum atomic E-state index is 13.1. The normalized spacial score (nSPS) is 12.5. The first-order chi connectivity index (χ1) is 8.09. The summed E-state index contributed by atoms with van der Waals surface area (Å²) in [7, 11) is -3.23. The molecular formula is C9H10BF4O3S-. The largest absolute Gasteiger partial charge is 0.512 e. The first-order valence-corrected chi connectivity index (χ1v) is 6.95. The predicted octanol–water partition coefficient (Wildman–Crippen LogP) is 1.30. The van der Waals surface area contributed by atoms with Gasteiger partial charge in [0.15, 0.2) is 9.84 Å². The Morgan fingerprint density at radius 2 is 1.89 bits per heavy atom. The van der Waals surface area contributed by atoms with E-state index in [0.29, 0.717) is 12.1 Å². The van der Waals surface area contributed by atoms with Crippen molar-refractivity contribution in [3.63, 3.8) is 0 Å². The van der Waals surface area contributed by atoms with Gasteiger partial charge in [-0.25, -0.2) is 12.8 Å². The van der Waals surface area contributed by atoms with Crippen LogP contribution in [0.15, 0.2) is 18.2 Å². The molecule has 1 aromatic rings. The zero-order valence-electron chi connectivity index (χ0n) is 9.37. The Morgan fingerprint density at radius 1 is 1.28 bits per heavy atom. The Hall–Kier alpha value is -1.25. The van der Waals surface area contributed by atoms with E-state index in [2.05, 4.69) is 0 Å². The zero-order chi connectivity index (χ0) is 14.0. The number of rotatable bonds is 5. The molecule has 0 bridgehead atoms. The molecule has 0 unspecified atom stereocenters. The second-order valence-corrected chi connectivity index (χ2v) is 6.00. The Bertz CT molecular complexity index is 527. The minimum Gasteiger partial charge on any atom is -0.492 e. The van der Waals surface area contributed by atoms with Gasteiger partial charge in [-0.1, -0.05) is 11.5 Å². The quantitative estimate of drug-likeness (QED) is 0.605. The summed E-state index contributed by atoms with van der Waals surface area (Å²) in [6.45, 7) is -5.65. The van der Waals surface area contributed by atoms with E-state index in [1.807, 2.05) is 0 Å². The Morgan fingerprint density at radius 3 is 2.33 bits per heavy atom. The SMILES string of the molecule is CS(=O)(=O)CCOc1ccc([B-](F)(F)F)c(F)c1. The van der Waals surface area contributed by atoms with Crippen LogP contribution in [0.2, 0.25) is 0 Å². The summed E-state index contributed by atoms with van der Waals surface area (Å²) in [5.74, 6) is -1.86. The molecule has 9 heteroatoms. The van der Waals surface area contributed by atoms with E-state index in [-0.39, 0.29) is 18.1 Å². The molecule has 0 atom stereocenters. The van der Waals surface area contributed by atoms with E-state index in [9.17, 15) is 25.8 Å². The Labute approximate surface area is 102 Å². The number of sulfone groups is 1. The van der Waals surface area contributed by atoms with Crippen LogP contribution < -0.4 is 10.2 Å². The van der Waals surface area contributed by atoms with Gasteiger partial charge in [-0.05, 0) is 6.07 Å². The molecule has 0 saturated carbocycles. The summed E-state index contributed by atoms with van der Waals surface area (Å²) >= 11 is 0. The van der Waals surface area contributed by atoms with Crippen LogP contribution in [-0.4, -0.2) is 34.0 Å². The van der Waals surface area contributed by atoms with Crippen molar-refractivity contribution in [2.75, 3.05) is 18.6 Å². The van der Waals surface area contributed by atoms with Gasteiger partial charge in [0, 0.05) is 12.3 Å². The van der Waals surface area contributed by atoms with Crippen LogP contribution in [0.25, 0.3) is 0 Å². The average Bonchev–Trinajstić information content (AvgIpc) is 2.13. The highest BCUT2D eigenvalue weighted by atomic mass is 32.2. The van der Waals surface area contributed by atoms with Crippen LogP contribution in [0.1, 0.15) is 0 Å².